The highest BCUT2D eigenvalue weighted by Crippen LogP contribution is 2.26. The smallest absolute Gasteiger partial charge is 0.261 e. The van der Waals surface area contributed by atoms with Gasteiger partial charge in [0.2, 0.25) is 0 Å². The predicted molar refractivity (Wildman–Crippen MR) is 124 cm³/mol. The number of halogens is 1. The van der Waals surface area contributed by atoms with E-state index in [-0.39, 0.29) is 16.1 Å². The third-order valence-corrected chi connectivity index (χ3v) is 6.73. The van der Waals surface area contributed by atoms with Crippen molar-refractivity contribution in [2.75, 3.05) is 10.0 Å². The minimum atomic E-state index is -3.92. The molecule has 0 spiro atoms. The van der Waals surface area contributed by atoms with Gasteiger partial charge in [-0.15, -0.1) is 11.3 Å². The van der Waals surface area contributed by atoms with Gasteiger partial charge >= 0.3 is 0 Å². The summed E-state index contributed by atoms with van der Waals surface area (Å²) in [7, 11) is -3.92. The molecule has 0 unspecified atom stereocenters. The summed E-state index contributed by atoms with van der Waals surface area (Å²) in [6.45, 7) is 2.00. The number of aryl methyl sites for hydroxylation is 1. The van der Waals surface area contributed by atoms with E-state index in [2.05, 4.69) is 15.0 Å². The summed E-state index contributed by atoms with van der Waals surface area (Å²) >= 11 is 1.30. The lowest BCUT2D eigenvalue weighted by Gasteiger charge is -2.09. The number of thiazole rings is 1. The van der Waals surface area contributed by atoms with Crippen LogP contribution in [-0.2, 0) is 10.0 Å². The molecule has 162 valence electrons. The summed E-state index contributed by atoms with van der Waals surface area (Å²) in [5, 5.41) is 5.03. The van der Waals surface area contributed by atoms with Crippen molar-refractivity contribution in [3.63, 3.8) is 0 Å². The van der Waals surface area contributed by atoms with Gasteiger partial charge in [-0.3, -0.25) is 14.8 Å². The average Bonchev–Trinajstić information content (AvgIpc) is 3.23. The zero-order valence-electron chi connectivity index (χ0n) is 16.9. The highest BCUT2D eigenvalue weighted by molar-refractivity contribution is 7.92. The van der Waals surface area contributed by atoms with Crippen LogP contribution < -0.4 is 10.0 Å². The molecule has 1 heterocycles. The number of anilines is 2. The molecule has 0 fully saturated rings. The average molecular weight is 468 g/mol. The van der Waals surface area contributed by atoms with Gasteiger partial charge in [0.25, 0.3) is 15.9 Å². The highest BCUT2D eigenvalue weighted by Gasteiger charge is 2.16. The molecule has 0 aliphatic carbocycles. The van der Waals surface area contributed by atoms with E-state index in [1.165, 1.54) is 35.6 Å². The number of carbonyl (C=O) groups excluding carboxylic acids is 1. The zero-order valence-corrected chi connectivity index (χ0v) is 18.5. The van der Waals surface area contributed by atoms with Crippen LogP contribution in [0.5, 0.6) is 0 Å². The maximum absolute atomic E-state index is 13.1. The van der Waals surface area contributed by atoms with E-state index in [1.807, 2.05) is 36.6 Å². The summed E-state index contributed by atoms with van der Waals surface area (Å²) in [5.74, 6) is -0.951. The molecule has 9 heteroatoms. The van der Waals surface area contributed by atoms with E-state index in [4.69, 9.17) is 0 Å². The molecule has 1 amide bonds. The Hall–Kier alpha value is -3.56. The molecule has 6 nitrogen and oxygen atoms in total. The van der Waals surface area contributed by atoms with Crippen LogP contribution in [0.15, 0.2) is 83.1 Å². The fraction of sp³-hybridized carbons (Fsp3) is 0.0435. The molecule has 4 rings (SSSR count). The Labute approximate surface area is 188 Å². The summed E-state index contributed by atoms with van der Waals surface area (Å²) in [6.07, 6.45) is 0. The second kappa shape index (κ2) is 8.89. The van der Waals surface area contributed by atoms with Gasteiger partial charge in [-0.1, -0.05) is 35.9 Å². The van der Waals surface area contributed by atoms with E-state index in [1.54, 1.807) is 12.1 Å². The first-order valence-electron chi connectivity index (χ1n) is 9.52. The van der Waals surface area contributed by atoms with E-state index in [9.17, 15) is 17.6 Å². The van der Waals surface area contributed by atoms with Crippen LogP contribution in [0, 0.1) is 12.7 Å². The lowest BCUT2D eigenvalue weighted by atomic mass is 10.1. The molecule has 3 aromatic carbocycles. The highest BCUT2D eigenvalue weighted by atomic mass is 32.2. The Morgan fingerprint density at radius 2 is 1.72 bits per heavy atom. The Kier molecular flexibility index (Phi) is 6.02. The number of nitrogens with one attached hydrogen (secondary N) is 2. The van der Waals surface area contributed by atoms with Crippen molar-refractivity contribution in [3.8, 4) is 11.3 Å². The van der Waals surface area contributed by atoms with Crippen LogP contribution in [0.1, 0.15) is 15.9 Å². The lowest BCUT2D eigenvalue weighted by Crippen LogP contribution is -2.15. The largest absolute Gasteiger partial charge is 0.298 e. The molecule has 4 aromatic rings. The minimum absolute atomic E-state index is 0.0832. The first-order valence-corrected chi connectivity index (χ1v) is 11.9. The van der Waals surface area contributed by atoms with Gasteiger partial charge in [0, 0.05) is 22.2 Å². The van der Waals surface area contributed by atoms with Gasteiger partial charge in [0.05, 0.1) is 10.6 Å². The van der Waals surface area contributed by atoms with Crippen LogP contribution in [0.2, 0.25) is 0 Å². The van der Waals surface area contributed by atoms with Crippen molar-refractivity contribution in [1.82, 2.24) is 4.98 Å². The molecule has 0 atom stereocenters. The molecule has 2 N–H and O–H groups in total. The van der Waals surface area contributed by atoms with Crippen LogP contribution >= 0.6 is 11.3 Å². The molecule has 0 saturated heterocycles. The van der Waals surface area contributed by atoms with Gasteiger partial charge in [0.1, 0.15) is 5.82 Å². The van der Waals surface area contributed by atoms with Crippen LogP contribution in [0.25, 0.3) is 11.3 Å². The first kappa shape index (κ1) is 21.7. The van der Waals surface area contributed by atoms with Gasteiger partial charge < -0.3 is 0 Å². The molecular weight excluding hydrogens is 449 g/mol. The van der Waals surface area contributed by atoms with Crippen molar-refractivity contribution < 1.29 is 17.6 Å². The number of aromatic nitrogens is 1. The number of hydrogen-bond donors (Lipinski definition) is 2. The van der Waals surface area contributed by atoms with Gasteiger partial charge in [-0.2, -0.15) is 0 Å². The third kappa shape index (κ3) is 5.01. The summed E-state index contributed by atoms with van der Waals surface area (Å²) in [6, 6.07) is 18.5. The number of carbonyl (C=O) groups is 1. The van der Waals surface area contributed by atoms with Crippen molar-refractivity contribution in [1.29, 1.82) is 0 Å². The molecule has 0 aliphatic heterocycles. The maximum Gasteiger partial charge on any atom is 0.261 e. The fourth-order valence-electron chi connectivity index (χ4n) is 2.91. The van der Waals surface area contributed by atoms with Crippen molar-refractivity contribution in [2.24, 2.45) is 0 Å². The van der Waals surface area contributed by atoms with E-state index >= 15 is 0 Å². The van der Waals surface area contributed by atoms with Crippen molar-refractivity contribution in [3.05, 3.63) is 95.1 Å². The Bertz CT molecular complexity index is 1370. The Balaban J connectivity index is 1.48. The molecular formula is C23H18FN3O3S2. The molecule has 0 radical (unpaired) electrons. The topological polar surface area (TPSA) is 88.2 Å². The monoisotopic (exact) mass is 467 g/mol. The Morgan fingerprint density at radius 1 is 1.00 bits per heavy atom. The van der Waals surface area contributed by atoms with Crippen molar-refractivity contribution >= 4 is 38.1 Å². The lowest BCUT2D eigenvalue weighted by molar-refractivity contribution is 0.102. The quantitative estimate of drug-likeness (QED) is 0.402. The predicted octanol–water partition coefficient (Wildman–Crippen LogP) is 5.31. The summed E-state index contributed by atoms with van der Waals surface area (Å²) < 4.78 is 40.5. The maximum atomic E-state index is 13.1. The SMILES string of the molecule is Cc1ccc(-c2csc(NC(=O)c3cccc(NS(=O)(=O)c4ccc(F)cc4)c3)n2)cc1. The fourth-order valence-corrected chi connectivity index (χ4v) is 4.67. The van der Waals surface area contributed by atoms with Gasteiger partial charge in [-0.05, 0) is 49.4 Å². The molecule has 0 saturated carbocycles. The third-order valence-electron chi connectivity index (χ3n) is 4.57. The number of benzene rings is 3. The Morgan fingerprint density at radius 3 is 2.44 bits per heavy atom. The number of nitrogens with zero attached hydrogens (tertiary/aromatic N) is 1. The molecule has 0 bridgehead atoms. The summed E-state index contributed by atoms with van der Waals surface area (Å²) in [5.41, 5.74) is 3.32. The first-order chi connectivity index (χ1) is 15.3. The number of rotatable bonds is 6. The standard InChI is InChI=1S/C23H18FN3O3S2/c1-15-5-7-16(8-6-15)21-14-31-23(25-21)26-22(28)17-3-2-4-19(13-17)27-32(29,30)20-11-9-18(24)10-12-20/h2-14,27H,1H3,(H,25,26,28). The molecule has 32 heavy (non-hydrogen) atoms. The van der Waals surface area contributed by atoms with Gasteiger partial charge in [-0.25, -0.2) is 17.8 Å². The second-order valence-corrected chi connectivity index (χ2v) is 9.54. The van der Waals surface area contributed by atoms with Crippen LogP contribution in [-0.4, -0.2) is 19.3 Å². The molecule has 1 aromatic heterocycles. The number of hydrogen-bond acceptors (Lipinski definition) is 5. The zero-order chi connectivity index (χ0) is 22.7. The number of sulfonamides is 1. The van der Waals surface area contributed by atoms with Crippen LogP contribution in [0.3, 0.4) is 0 Å². The number of amides is 1. The van der Waals surface area contributed by atoms with Gasteiger partial charge in [0.15, 0.2) is 5.13 Å². The van der Waals surface area contributed by atoms with E-state index < -0.39 is 21.7 Å². The van der Waals surface area contributed by atoms with E-state index in [0.717, 1.165) is 29.0 Å². The summed E-state index contributed by atoms with van der Waals surface area (Å²) in [4.78, 5) is 17.0. The molecule has 0 aliphatic rings. The minimum Gasteiger partial charge on any atom is -0.298 e. The van der Waals surface area contributed by atoms with E-state index in [0.29, 0.717) is 5.13 Å². The second-order valence-electron chi connectivity index (χ2n) is 7.00. The van der Waals surface area contributed by atoms with Crippen LogP contribution in [0.4, 0.5) is 15.2 Å². The van der Waals surface area contributed by atoms with Crippen molar-refractivity contribution in [2.45, 2.75) is 11.8 Å². The normalized spacial score (nSPS) is 11.2.